The third kappa shape index (κ3) is 7.41. The van der Waals surface area contributed by atoms with E-state index in [2.05, 4.69) is 14.9 Å². The Kier molecular flexibility index (Phi) is 8.72. The van der Waals surface area contributed by atoms with E-state index in [1.165, 1.54) is 11.3 Å². The molecule has 0 saturated carbocycles. The summed E-state index contributed by atoms with van der Waals surface area (Å²) in [5.74, 6) is 0.513. The Balaban J connectivity index is 1.80. The van der Waals surface area contributed by atoms with Crippen LogP contribution in [0.2, 0.25) is 5.28 Å². The number of anilines is 1. The number of esters is 1. The average Bonchev–Trinajstić information content (AvgIpc) is 3.14. The van der Waals surface area contributed by atoms with E-state index in [1.807, 2.05) is 26.8 Å². The summed E-state index contributed by atoms with van der Waals surface area (Å²) in [7, 11) is 0. The van der Waals surface area contributed by atoms with Crippen molar-refractivity contribution < 1.29 is 23.8 Å². The first kappa shape index (κ1) is 25.5. The standard InChI is InChI=1S/C22H31ClN4O5S/c1-5-31-17(28)7-6-8-27(21(29)32-22(2,3)4)14-15-13-16-18(33-15)19(25-20(23)24-16)26-9-11-30-12-10-26/h13H,5-12,14H2,1-4H3. The summed E-state index contributed by atoms with van der Waals surface area (Å²) in [6.45, 7) is 11.0. The van der Waals surface area contributed by atoms with Gasteiger partial charge in [-0.3, -0.25) is 4.79 Å². The second-order valence-corrected chi connectivity index (χ2v) is 10.1. The van der Waals surface area contributed by atoms with Crippen LogP contribution in [0.25, 0.3) is 10.2 Å². The van der Waals surface area contributed by atoms with Gasteiger partial charge in [0.25, 0.3) is 0 Å². The van der Waals surface area contributed by atoms with Crippen LogP contribution in [0.4, 0.5) is 10.6 Å². The predicted octanol–water partition coefficient (Wildman–Crippen LogP) is 4.26. The highest BCUT2D eigenvalue weighted by molar-refractivity contribution is 7.19. The Hall–Kier alpha value is -2.17. The number of nitrogens with zero attached hydrogens (tertiary/aromatic N) is 4. The molecular formula is C22H31ClN4O5S. The van der Waals surface area contributed by atoms with Gasteiger partial charge in [0, 0.05) is 30.9 Å². The van der Waals surface area contributed by atoms with Crippen molar-refractivity contribution in [2.75, 3.05) is 44.4 Å². The van der Waals surface area contributed by atoms with E-state index in [-0.39, 0.29) is 17.7 Å². The van der Waals surface area contributed by atoms with Crippen molar-refractivity contribution in [2.24, 2.45) is 0 Å². The lowest BCUT2D eigenvalue weighted by molar-refractivity contribution is -0.143. The number of amides is 1. The van der Waals surface area contributed by atoms with Crippen LogP contribution in [0.15, 0.2) is 6.07 Å². The van der Waals surface area contributed by atoms with Gasteiger partial charge in [0.2, 0.25) is 5.28 Å². The van der Waals surface area contributed by atoms with Gasteiger partial charge >= 0.3 is 12.1 Å². The van der Waals surface area contributed by atoms with Gasteiger partial charge in [0.15, 0.2) is 5.82 Å². The summed E-state index contributed by atoms with van der Waals surface area (Å²) in [5.41, 5.74) is 0.117. The van der Waals surface area contributed by atoms with E-state index >= 15 is 0 Å². The van der Waals surface area contributed by atoms with E-state index in [1.54, 1.807) is 11.8 Å². The lowest BCUT2D eigenvalue weighted by Gasteiger charge is -2.28. The van der Waals surface area contributed by atoms with Gasteiger partial charge in [0.1, 0.15) is 5.60 Å². The van der Waals surface area contributed by atoms with Crippen LogP contribution < -0.4 is 4.90 Å². The molecule has 0 aromatic carbocycles. The van der Waals surface area contributed by atoms with Crippen molar-refractivity contribution >= 4 is 51.0 Å². The molecule has 1 saturated heterocycles. The molecule has 0 unspecified atom stereocenters. The number of hydrogen-bond acceptors (Lipinski definition) is 9. The van der Waals surface area contributed by atoms with Crippen LogP contribution >= 0.6 is 22.9 Å². The zero-order chi connectivity index (χ0) is 24.0. The molecule has 3 rings (SSSR count). The first-order valence-electron chi connectivity index (χ1n) is 11.1. The van der Waals surface area contributed by atoms with E-state index in [9.17, 15) is 9.59 Å². The van der Waals surface area contributed by atoms with Crippen molar-refractivity contribution in [1.82, 2.24) is 14.9 Å². The minimum absolute atomic E-state index is 0.187. The minimum atomic E-state index is -0.626. The van der Waals surface area contributed by atoms with Gasteiger partial charge in [0.05, 0.1) is 36.6 Å². The number of morpholine rings is 1. The fourth-order valence-corrected chi connectivity index (χ4v) is 4.70. The Morgan fingerprint density at radius 2 is 2.00 bits per heavy atom. The van der Waals surface area contributed by atoms with E-state index in [0.717, 1.165) is 34.0 Å². The highest BCUT2D eigenvalue weighted by Gasteiger charge is 2.24. The quantitative estimate of drug-likeness (QED) is 0.393. The summed E-state index contributed by atoms with van der Waals surface area (Å²) in [5, 5.41) is 0.187. The van der Waals surface area contributed by atoms with E-state index in [0.29, 0.717) is 39.3 Å². The first-order chi connectivity index (χ1) is 15.7. The van der Waals surface area contributed by atoms with Gasteiger partial charge in [-0.2, -0.15) is 4.98 Å². The van der Waals surface area contributed by atoms with Gasteiger partial charge < -0.3 is 24.0 Å². The molecule has 182 valence electrons. The number of halogens is 1. The third-order valence-electron chi connectivity index (χ3n) is 4.80. The molecule has 0 N–H and O–H groups in total. The second kappa shape index (κ2) is 11.3. The highest BCUT2D eigenvalue weighted by Crippen LogP contribution is 2.34. The van der Waals surface area contributed by atoms with Crippen molar-refractivity contribution in [1.29, 1.82) is 0 Å². The molecule has 11 heteroatoms. The fraction of sp³-hybridized carbons (Fsp3) is 0.636. The van der Waals surface area contributed by atoms with Crippen molar-refractivity contribution in [3.8, 4) is 0 Å². The number of ether oxygens (including phenoxy) is 3. The van der Waals surface area contributed by atoms with Crippen LogP contribution in [0.1, 0.15) is 45.4 Å². The molecule has 1 amide bonds. The third-order valence-corrected chi connectivity index (χ3v) is 6.07. The Morgan fingerprint density at radius 1 is 1.27 bits per heavy atom. The van der Waals surface area contributed by atoms with Crippen molar-refractivity contribution in [2.45, 2.75) is 52.7 Å². The summed E-state index contributed by atoms with van der Waals surface area (Å²) in [6, 6.07) is 1.93. The second-order valence-electron chi connectivity index (χ2n) is 8.65. The zero-order valence-electron chi connectivity index (χ0n) is 19.6. The lowest BCUT2D eigenvalue weighted by atomic mass is 10.2. The van der Waals surface area contributed by atoms with E-state index in [4.69, 9.17) is 25.8 Å². The Morgan fingerprint density at radius 3 is 2.67 bits per heavy atom. The van der Waals surface area contributed by atoms with Crippen LogP contribution in [0.3, 0.4) is 0 Å². The number of aromatic nitrogens is 2. The number of carbonyl (C=O) groups is 2. The molecule has 0 spiro atoms. The summed E-state index contributed by atoms with van der Waals surface area (Å²) in [4.78, 5) is 38.1. The SMILES string of the molecule is CCOC(=O)CCCN(Cc1cc2nc(Cl)nc(N3CCOCC3)c2s1)C(=O)OC(C)(C)C. The molecule has 2 aromatic rings. The summed E-state index contributed by atoms with van der Waals surface area (Å²) >= 11 is 7.73. The Bertz CT molecular complexity index is 972. The molecule has 0 radical (unpaired) electrons. The predicted molar refractivity (Wildman–Crippen MR) is 128 cm³/mol. The molecule has 0 bridgehead atoms. The van der Waals surface area contributed by atoms with Gasteiger partial charge in [-0.15, -0.1) is 11.3 Å². The highest BCUT2D eigenvalue weighted by atomic mass is 35.5. The normalized spacial score (nSPS) is 14.4. The van der Waals surface area contributed by atoms with Crippen LogP contribution in [0, 0.1) is 0 Å². The molecule has 2 aromatic heterocycles. The minimum Gasteiger partial charge on any atom is -0.466 e. The van der Waals surface area contributed by atoms with Gasteiger partial charge in [-0.25, -0.2) is 9.78 Å². The molecule has 1 aliphatic heterocycles. The number of fused-ring (bicyclic) bond motifs is 1. The fourth-order valence-electron chi connectivity index (χ4n) is 3.40. The molecule has 9 nitrogen and oxygen atoms in total. The summed E-state index contributed by atoms with van der Waals surface area (Å²) in [6.07, 6.45) is 0.288. The molecule has 0 atom stereocenters. The van der Waals surface area contributed by atoms with Gasteiger partial charge in [-0.05, 0) is 51.8 Å². The van der Waals surface area contributed by atoms with Crippen LogP contribution in [0.5, 0.6) is 0 Å². The topological polar surface area (TPSA) is 94.1 Å². The Labute approximate surface area is 203 Å². The lowest BCUT2D eigenvalue weighted by Crippen LogP contribution is -2.37. The number of thiophene rings is 1. The van der Waals surface area contributed by atoms with Crippen LogP contribution in [-0.4, -0.2) is 72.0 Å². The largest absolute Gasteiger partial charge is 0.466 e. The molecular weight excluding hydrogens is 468 g/mol. The maximum Gasteiger partial charge on any atom is 0.410 e. The summed E-state index contributed by atoms with van der Waals surface area (Å²) < 4.78 is 17.0. The van der Waals surface area contributed by atoms with Crippen molar-refractivity contribution in [3.63, 3.8) is 0 Å². The molecule has 3 heterocycles. The molecule has 33 heavy (non-hydrogen) atoms. The van der Waals surface area contributed by atoms with E-state index < -0.39 is 11.7 Å². The number of hydrogen-bond donors (Lipinski definition) is 0. The molecule has 1 fully saturated rings. The maximum atomic E-state index is 12.9. The average molecular weight is 499 g/mol. The molecule has 0 aliphatic carbocycles. The van der Waals surface area contributed by atoms with Crippen LogP contribution in [-0.2, 0) is 25.5 Å². The first-order valence-corrected chi connectivity index (χ1v) is 12.3. The number of carbonyl (C=O) groups excluding carboxylic acids is 2. The molecule has 1 aliphatic rings. The monoisotopic (exact) mass is 498 g/mol. The van der Waals surface area contributed by atoms with Gasteiger partial charge in [-0.1, -0.05) is 0 Å². The van der Waals surface area contributed by atoms with Crippen molar-refractivity contribution in [3.05, 3.63) is 16.2 Å². The maximum absolute atomic E-state index is 12.9. The zero-order valence-corrected chi connectivity index (χ0v) is 21.1. The smallest absolute Gasteiger partial charge is 0.410 e. The number of rotatable bonds is 8.